The molecule has 0 aromatic heterocycles. The number of carbonyl (C=O) groups excluding carboxylic acids is 4. The Morgan fingerprint density at radius 2 is 0.541 bits per heavy atom. The lowest BCUT2D eigenvalue weighted by Gasteiger charge is -2.21. The van der Waals surface area contributed by atoms with E-state index in [1.54, 1.807) is 0 Å². The van der Waals surface area contributed by atoms with Gasteiger partial charge in [0.1, 0.15) is 19.3 Å². The average Bonchev–Trinajstić information content (AvgIpc) is 3.63. The van der Waals surface area contributed by atoms with Crippen LogP contribution in [0.15, 0.2) is 0 Å². The summed E-state index contributed by atoms with van der Waals surface area (Å²) in [6, 6.07) is 0. The molecule has 0 saturated heterocycles. The van der Waals surface area contributed by atoms with E-state index in [9.17, 15) is 43.2 Å². The normalized spacial score (nSPS) is 14.2. The molecule has 17 nitrogen and oxygen atoms in total. The first-order valence-corrected chi connectivity index (χ1v) is 37.5. The molecule has 0 radical (unpaired) electrons. The Morgan fingerprint density at radius 3 is 0.800 bits per heavy atom. The number of unbranched alkanes of at least 4 members (excludes halogenated alkanes) is 35. The third-order valence-corrected chi connectivity index (χ3v) is 17.1. The molecule has 0 fully saturated rings. The third-order valence-electron chi connectivity index (χ3n) is 15.2. The second kappa shape index (κ2) is 58.4. The number of phosphoric ester groups is 2. The van der Waals surface area contributed by atoms with Crippen molar-refractivity contribution in [2.75, 3.05) is 39.6 Å². The molecule has 0 aliphatic carbocycles. The number of carbonyl (C=O) groups is 4. The Morgan fingerprint density at radius 1 is 0.318 bits per heavy atom. The number of aliphatic hydroxyl groups excluding tert-OH is 1. The second-order valence-corrected chi connectivity index (χ2v) is 27.7. The Kier molecular flexibility index (Phi) is 57.1. The van der Waals surface area contributed by atoms with Crippen LogP contribution in [0, 0.1) is 11.8 Å². The molecule has 0 aromatic carbocycles. The number of ether oxygens (including phenoxy) is 4. The van der Waals surface area contributed by atoms with Gasteiger partial charge in [0, 0.05) is 25.7 Å². The quantitative estimate of drug-likeness (QED) is 0.0222. The van der Waals surface area contributed by atoms with Crippen molar-refractivity contribution in [3.05, 3.63) is 0 Å². The number of hydrogen-bond donors (Lipinski definition) is 3. The highest BCUT2D eigenvalue weighted by molar-refractivity contribution is 7.47. The first-order valence-electron chi connectivity index (χ1n) is 34.5. The van der Waals surface area contributed by atoms with Crippen LogP contribution in [-0.4, -0.2) is 96.7 Å². The Labute approximate surface area is 517 Å². The van der Waals surface area contributed by atoms with Crippen LogP contribution >= 0.6 is 15.6 Å². The van der Waals surface area contributed by atoms with Crippen LogP contribution in [-0.2, 0) is 65.4 Å². The number of esters is 4. The molecule has 0 amide bonds. The van der Waals surface area contributed by atoms with E-state index in [2.05, 4.69) is 41.5 Å². The second-order valence-electron chi connectivity index (χ2n) is 24.8. The van der Waals surface area contributed by atoms with Crippen molar-refractivity contribution in [3.8, 4) is 0 Å². The molecule has 0 aliphatic rings. The first kappa shape index (κ1) is 83.1. The molecule has 0 bridgehead atoms. The van der Waals surface area contributed by atoms with Crippen LogP contribution in [0.25, 0.3) is 0 Å². The number of rotatable bonds is 65. The summed E-state index contributed by atoms with van der Waals surface area (Å²) in [7, 11) is -9.89. The standard InChI is InChI=1S/C66H128O17P2/c1-7-9-11-13-15-16-19-25-32-38-44-50-65(70)82-61(54-76-63(68)48-42-36-28-14-12-10-8-2)56-80-84(72,73)78-52-60(67)53-79-85(74,75)81-57-62(55-77-64(69)49-43-37-31-27-22-24-30-35-41-47-59(5)6)83-66(71)51-45-39-33-26-21-18-17-20-23-29-34-40-46-58(3)4/h58-62,67H,7-57H2,1-6H3,(H,72,73)(H,74,75)/t60-,61+,62+/m0/s1. The Bertz CT molecular complexity index is 1670. The van der Waals surface area contributed by atoms with Gasteiger partial charge in [0.2, 0.25) is 0 Å². The molecule has 0 spiro atoms. The molecular weight excluding hydrogens is 1130 g/mol. The zero-order valence-corrected chi connectivity index (χ0v) is 56.7. The van der Waals surface area contributed by atoms with Gasteiger partial charge in [0.05, 0.1) is 26.4 Å². The fourth-order valence-corrected chi connectivity index (χ4v) is 11.5. The van der Waals surface area contributed by atoms with E-state index in [1.807, 2.05) is 0 Å². The van der Waals surface area contributed by atoms with Gasteiger partial charge in [0.25, 0.3) is 0 Å². The Balaban J connectivity index is 5.21. The molecule has 85 heavy (non-hydrogen) atoms. The highest BCUT2D eigenvalue weighted by Crippen LogP contribution is 2.45. The molecule has 0 rings (SSSR count). The molecule has 504 valence electrons. The van der Waals surface area contributed by atoms with Gasteiger partial charge in [-0.05, 0) is 37.5 Å². The van der Waals surface area contributed by atoms with E-state index in [-0.39, 0.29) is 25.7 Å². The van der Waals surface area contributed by atoms with Crippen molar-refractivity contribution >= 4 is 39.5 Å². The van der Waals surface area contributed by atoms with E-state index >= 15 is 0 Å². The van der Waals surface area contributed by atoms with Crippen LogP contribution in [0.1, 0.15) is 330 Å². The van der Waals surface area contributed by atoms with Gasteiger partial charge in [-0.25, -0.2) is 9.13 Å². The van der Waals surface area contributed by atoms with Gasteiger partial charge in [-0.1, -0.05) is 279 Å². The zero-order chi connectivity index (χ0) is 62.9. The molecule has 0 saturated carbocycles. The summed E-state index contributed by atoms with van der Waals surface area (Å²) >= 11 is 0. The van der Waals surface area contributed by atoms with Crippen molar-refractivity contribution in [2.45, 2.75) is 349 Å². The summed E-state index contributed by atoms with van der Waals surface area (Å²) in [6.45, 7) is 9.46. The summed E-state index contributed by atoms with van der Waals surface area (Å²) in [5.74, 6) is -0.613. The lowest BCUT2D eigenvalue weighted by atomic mass is 10.0. The maximum Gasteiger partial charge on any atom is 0.472 e. The van der Waals surface area contributed by atoms with Gasteiger partial charge in [-0.3, -0.25) is 37.3 Å². The van der Waals surface area contributed by atoms with Gasteiger partial charge in [-0.15, -0.1) is 0 Å². The van der Waals surface area contributed by atoms with E-state index in [1.165, 1.54) is 135 Å². The van der Waals surface area contributed by atoms with Crippen molar-refractivity contribution in [2.24, 2.45) is 11.8 Å². The molecule has 0 aromatic rings. The monoisotopic (exact) mass is 1250 g/mol. The summed E-state index contributed by atoms with van der Waals surface area (Å²) in [5.41, 5.74) is 0. The van der Waals surface area contributed by atoms with Gasteiger partial charge in [0.15, 0.2) is 12.2 Å². The van der Waals surface area contributed by atoms with Crippen LogP contribution < -0.4 is 0 Å². The molecule has 19 heteroatoms. The fraction of sp³-hybridized carbons (Fsp3) is 0.939. The van der Waals surface area contributed by atoms with Gasteiger partial charge >= 0.3 is 39.5 Å². The number of phosphoric acid groups is 2. The molecule has 5 atom stereocenters. The predicted molar refractivity (Wildman–Crippen MR) is 340 cm³/mol. The largest absolute Gasteiger partial charge is 0.472 e. The highest BCUT2D eigenvalue weighted by Gasteiger charge is 2.30. The van der Waals surface area contributed by atoms with Crippen molar-refractivity contribution in [1.29, 1.82) is 0 Å². The van der Waals surface area contributed by atoms with E-state index < -0.39 is 97.5 Å². The maximum atomic E-state index is 13.0. The lowest BCUT2D eigenvalue weighted by molar-refractivity contribution is -0.161. The lowest BCUT2D eigenvalue weighted by Crippen LogP contribution is -2.30. The minimum atomic E-state index is -4.95. The molecule has 2 unspecified atom stereocenters. The topological polar surface area (TPSA) is 237 Å². The van der Waals surface area contributed by atoms with Crippen LogP contribution in [0.4, 0.5) is 0 Å². The van der Waals surface area contributed by atoms with Gasteiger partial charge in [-0.2, -0.15) is 0 Å². The average molecular weight is 1260 g/mol. The van der Waals surface area contributed by atoms with Crippen LogP contribution in [0.2, 0.25) is 0 Å². The van der Waals surface area contributed by atoms with E-state index in [4.69, 9.17) is 37.0 Å². The fourth-order valence-electron chi connectivity index (χ4n) is 9.88. The summed E-state index contributed by atoms with van der Waals surface area (Å²) in [5, 5.41) is 10.5. The summed E-state index contributed by atoms with van der Waals surface area (Å²) in [4.78, 5) is 72.2. The van der Waals surface area contributed by atoms with E-state index in [0.717, 1.165) is 115 Å². The highest BCUT2D eigenvalue weighted by atomic mass is 31.2. The molecule has 3 N–H and O–H groups in total. The van der Waals surface area contributed by atoms with Crippen LogP contribution in [0.3, 0.4) is 0 Å². The first-order chi connectivity index (χ1) is 40.9. The van der Waals surface area contributed by atoms with Crippen molar-refractivity contribution < 1.29 is 80.2 Å². The minimum Gasteiger partial charge on any atom is -0.462 e. The van der Waals surface area contributed by atoms with Crippen molar-refractivity contribution in [3.63, 3.8) is 0 Å². The van der Waals surface area contributed by atoms with Crippen LogP contribution in [0.5, 0.6) is 0 Å². The van der Waals surface area contributed by atoms with Gasteiger partial charge < -0.3 is 33.8 Å². The maximum absolute atomic E-state index is 13.0. The molecular formula is C66H128O17P2. The smallest absolute Gasteiger partial charge is 0.462 e. The Hall–Kier alpha value is -1.94. The number of aliphatic hydroxyl groups is 1. The minimum absolute atomic E-state index is 0.106. The SMILES string of the molecule is CCCCCCCCCCCCCC(=O)O[C@H](COC(=O)CCCCCCCCC)COP(=O)(O)OC[C@H](O)COP(=O)(O)OC[C@@H](COC(=O)CCCCCCCCCCCC(C)C)OC(=O)CCCCCCCCCCCCCCC(C)C. The summed E-state index contributed by atoms with van der Waals surface area (Å²) in [6.07, 6.45) is 41.7. The number of hydrogen-bond acceptors (Lipinski definition) is 15. The molecule has 0 aliphatic heterocycles. The van der Waals surface area contributed by atoms with Crippen molar-refractivity contribution in [1.82, 2.24) is 0 Å². The molecule has 0 heterocycles. The van der Waals surface area contributed by atoms with E-state index in [0.29, 0.717) is 25.7 Å². The zero-order valence-electron chi connectivity index (χ0n) is 54.9. The summed E-state index contributed by atoms with van der Waals surface area (Å²) < 4.78 is 68.0. The third kappa shape index (κ3) is 60.7. The predicted octanol–water partition coefficient (Wildman–Crippen LogP) is 18.4.